The predicted molar refractivity (Wildman–Crippen MR) is 356 cm³/mol. The molecule has 0 radical (unpaired) electrons. The van der Waals surface area contributed by atoms with Gasteiger partial charge in [-0.2, -0.15) is 0 Å². The monoisotopic (exact) mass is 1140 g/mol. The Labute approximate surface area is 506 Å². The summed E-state index contributed by atoms with van der Waals surface area (Å²) in [5, 5.41) is 23.4. The van der Waals surface area contributed by atoms with Gasteiger partial charge in [-0.25, -0.2) is 0 Å². The molecule has 0 rings (SSSR count). The zero-order valence-corrected chi connectivity index (χ0v) is 54.5. The van der Waals surface area contributed by atoms with Gasteiger partial charge in [-0.3, -0.25) is 9.59 Å². The number of allylic oxidation sites excluding steroid dienone is 8. The number of aliphatic hydroxyl groups is 2. The summed E-state index contributed by atoms with van der Waals surface area (Å²) in [6.45, 7) is 4.95. The number of amides is 1. The Bertz CT molecular complexity index is 1360. The van der Waals surface area contributed by atoms with Crippen LogP contribution in [0.15, 0.2) is 48.6 Å². The smallest absolute Gasteiger partial charge is 0.305 e. The standard InChI is InChI=1S/C75H141NO5/c1-3-5-7-9-11-13-15-17-19-21-22-23-24-26-29-32-36-39-43-47-51-55-59-63-67-73(78)72(71-77)76-74(79)68-64-60-56-52-48-44-40-37-33-30-27-25-28-31-34-38-42-46-50-54-58-62-66-70-81-75(80)69-65-61-57-53-49-45-41-35-20-18-16-14-12-10-8-6-4-2/h12,14,18,20,25,28,30,33,72-73,77-78H,3-11,13,15-17,19,21-24,26-27,29,31-32,34-71H2,1-2H3,(H,76,79)/b14-12-,20-18-,28-25-,33-30-. The van der Waals surface area contributed by atoms with Crippen molar-refractivity contribution in [3.63, 3.8) is 0 Å². The first-order chi connectivity index (χ1) is 40.0. The maximum absolute atomic E-state index is 12.6. The van der Waals surface area contributed by atoms with Gasteiger partial charge < -0.3 is 20.3 Å². The van der Waals surface area contributed by atoms with Crippen molar-refractivity contribution >= 4 is 11.9 Å². The van der Waals surface area contributed by atoms with Crippen LogP contribution in [-0.4, -0.2) is 47.4 Å². The Morgan fingerprint density at radius 2 is 0.617 bits per heavy atom. The Kier molecular flexibility index (Phi) is 68.4. The second-order valence-electron chi connectivity index (χ2n) is 24.9. The van der Waals surface area contributed by atoms with E-state index in [1.807, 2.05) is 0 Å². The van der Waals surface area contributed by atoms with Gasteiger partial charge in [0.05, 0.1) is 25.4 Å². The average molecular weight is 1140 g/mol. The summed E-state index contributed by atoms with van der Waals surface area (Å²) in [4.78, 5) is 24.6. The van der Waals surface area contributed by atoms with E-state index in [-0.39, 0.29) is 18.5 Å². The van der Waals surface area contributed by atoms with Crippen LogP contribution in [-0.2, 0) is 14.3 Å². The number of esters is 1. The van der Waals surface area contributed by atoms with Gasteiger partial charge in [0.15, 0.2) is 0 Å². The van der Waals surface area contributed by atoms with E-state index >= 15 is 0 Å². The largest absolute Gasteiger partial charge is 0.466 e. The molecule has 0 fully saturated rings. The first-order valence-electron chi connectivity index (χ1n) is 36.4. The summed E-state index contributed by atoms with van der Waals surface area (Å²) in [5.74, 6) is -0.0419. The SMILES string of the molecule is CCCCC/C=C\C/C=C\CCCCCCCCCC(=O)OCCCCCCCCCCC/C=C\C/C=C\CCCCCCCCCC(=O)NC(CO)C(O)CCCCCCCCCCCCCCCCCCCCCCCCCC. The highest BCUT2D eigenvalue weighted by molar-refractivity contribution is 5.76. The second kappa shape index (κ2) is 70.3. The second-order valence-corrected chi connectivity index (χ2v) is 24.9. The summed E-state index contributed by atoms with van der Waals surface area (Å²) >= 11 is 0. The fraction of sp³-hybridized carbons (Fsp3) is 0.867. The van der Waals surface area contributed by atoms with Crippen molar-refractivity contribution < 1.29 is 24.5 Å². The predicted octanol–water partition coefficient (Wildman–Crippen LogP) is 23.6. The van der Waals surface area contributed by atoms with Crippen molar-refractivity contribution in [2.24, 2.45) is 0 Å². The molecule has 0 aliphatic rings. The maximum atomic E-state index is 12.6. The Balaban J connectivity index is 3.44. The van der Waals surface area contributed by atoms with E-state index in [1.54, 1.807) is 0 Å². The number of carbonyl (C=O) groups is 2. The third kappa shape index (κ3) is 66.8. The zero-order valence-electron chi connectivity index (χ0n) is 54.5. The molecule has 81 heavy (non-hydrogen) atoms. The summed E-state index contributed by atoms with van der Waals surface area (Å²) in [6.07, 6.45) is 91.6. The topological polar surface area (TPSA) is 95.9 Å². The first-order valence-corrected chi connectivity index (χ1v) is 36.4. The molecule has 2 atom stereocenters. The highest BCUT2D eigenvalue weighted by atomic mass is 16.5. The van der Waals surface area contributed by atoms with Crippen molar-refractivity contribution in [1.82, 2.24) is 5.32 Å². The molecule has 6 heteroatoms. The van der Waals surface area contributed by atoms with Crippen LogP contribution in [0.5, 0.6) is 0 Å². The van der Waals surface area contributed by atoms with Crippen LogP contribution in [0.2, 0.25) is 0 Å². The maximum Gasteiger partial charge on any atom is 0.305 e. The number of ether oxygens (including phenoxy) is 1. The molecule has 0 aromatic rings. The molecule has 3 N–H and O–H groups in total. The highest BCUT2D eigenvalue weighted by Gasteiger charge is 2.20. The Morgan fingerprint density at radius 1 is 0.346 bits per heavy atom. The highest BCUT2D eigenvalue weighted by Crippen LogP contribution is 2.19. The average Bonchev–Trinajstić information content (AvgIpc) is 3.47. The van der Waals surface area contributed by atoms with E-state index in [2.05, 4.69) is 67.8 Å². The number of hydrogen-bond acceptors (Lipinski definition) is 5. The number of carbonyl (C=O) groups excluding carboxylic acids is 2. The van der Waals surface area contributed by atoms with Gasteiger partial charge in [0.25, 0.3) is 0 Å². The number of aliphatic hydroxyl groups excluding tert-OH is 2. The Morgan fingerprint density at radius 3 is 0.963 bits per heavy atom. The molecule has 0 heterocycles. The van der Waals surface area contributed by atoms with Gasteiger partial charge in [0.1, 0.15) is 0 Å². The normalized spacial score (nSPS) is 12.8. The van der Waals surface area contributed by atoms with Crippen molar-refractivity contribution in [3.8, 4) is 0 Å². The molecule has 2 unspecified atom stereocenters. The van der Waals surface area contributed by atoms with Crippen LogP contribution in [0.1, 0.15) is 393 Å². The molecule has 0 aromatic heterocycles. The van der Waals surface area contributed by atoms with E-state index in [9.17, 15) is 19.8 Å². The fourth-order valence-corrected chi connectivity index (χ4v) is 11.3. The zero-order chi connectivity index (χ0) is 58.5. The molecular formula is C75H141NO5. The van der Waals surface area contributed by atoms with Crippen LogP contribution >= 0.6 is 0 Å². The third-order valence-electron chi connectivity index (χ3n) is 16.9. The molecule has 0 aromatic carbocycles. The van der Waals surface area contributed by atoms with E-state index < -0.39 is 12.1 Å². The minimum atomic E-state index is -0.674. The summed E-state index contributed by atoms with van der Waals surface area (Å²) in [5.41, 5.74) is 0. The fourth-order valence-electron chi connectivity index (χ4n) is 11.3. The van der Waals surface area contributed by atoms with Crippen molar-refractivity contribution in [3.05, 3.63) is 48.6 Å². The van der Waals surface area contributed by atoms with Crippen LogP contribution < -0.4 is 5.32 Å². The third-order valence-corrected chi connectivity index (χ3v) is 16.9. The van der Waals surface area contributed by atoms with Crippen molar-refractivity contribution in [2.45, 2.75) is 405 Å². The summed E-state index contributed by atoms with van der Waals surface area (Å²) in [6, 6.07) is -0.552. The van der Waals surface area contributed by atoms with E-state index in [0.717, 1.165) is 64.2 Å². The van der Waals surface area contributed by atoms with Crippen LogP contribution in [0.4, 0.5) is 0 Å². The van der Waals surface area contributed by atoms with Crippen LogP contribution in [0.25, 0.3) is 0 Å². The van der Waals surface area contributed by atoms with Gasteiger partial charge in [-0.05, 0) is 89.9 Å². The first kappa shape index (κ1) is 78.8. The lowest BCUT2D eigenvalue weighted by atomic mass is 10.0. The van der Waals surface area contributed by atoms with E-state index in [1.165, 1.54) is 295 Å². The summed E-state index contributed by atoms with van der Waals surface area (Å²) < 4.78 is 5.49. The molecule has 1 amide bonds. The molecule has 0 aliphatic heterocycles. The molecule has 6 nitrogen and oxygen atoms in total. The van der Waals surface area contributed by atoms with E-state index in [0.29, 0.717) is 25.9 Å². The molecule has 0 spiro atoms. The number of rotatable bonds is 68. The lowest BCUT2D eigenvalue weighted by molar-refractivity contribution is -0.143. The van der Waals surface area contributed by atoms with Crippen LogP contribution in [0.3, 0.4) is 0 Å². The molecular weight excluding hydrogens is 995 g/mol. The van der Waals surface area contributed by atoms with E-state index in [4.69, 9.17) is 4.74 Å². The van der Waals surface area contributed by atoms with Crippen molar-refractivity contribution in [1.29, 1.82) is 0 Å². The molecule has 476 valence electrons. The molecule has 0 bridgehead atoms. The lowest BCUT2D eigenvalue weighted by Gasteiger charge is -2.22. The van der Waals surface area contributed by atoms with Gasteiger partial charge in [0, 0.05) is 12.8 Å². The number of unbranched alkanes of at least 4 members (excludes halogenated alkanes) is 49. The van der Waals surface area contributed by atoms with Crippen molar-refractivity contribution in [2.75, 3.05) is 13.2 Å². The van der Waals surface area contributed by atoms with Crippen LogP contribution in [0, 0.1) is 0 Å². The van der Waals surface area contributed by atoms with Gasteiger partial charge in [-0.1, -0.05) is 339 Å². The summed E-state index contributed by atoms with van der Waals surface area (Å²) in [7, 11) is 0. The number of hydrogen-bond donors (Lipinski definition) is 3. The quantitative estimate of drug-likeness (QED) is 0.0320. The molecule has 0 saturated heterocycles. The lowest BCUT2D eigenvalue weighted by Crippen LogP contribution is -2.45. The molecule has 0 aliphatic carbocycles. The molecule has 0 saturated carbocycles. The minimum absolute atomic E-state index is 0.000219. The van der Waals surface area contributed by atoms with Gasteiger partial charge in [0.2, 0.25) is 5.91 Å². The number of nitrogens with one attached hydrogen (secondary N) is 1. The van der Waals surface area contributed by atoms with Gasteiger partial charge in [-0.15, -0.1) is 0 Å². The van der Waals surface area contributed by atoms with Gasteiger partial charge >= 0.3 is 5.97 Å². The Hall–Kier alpha value is -2.18. The minimum Gasteiger partial charge on any atom is -0.466 e.